The molecular weight excluding hydrogens is 362 g/mol. The van der Waals surface area contributed by atoms with Crippen molar-refractivity contribution in [3.8, 4) is 22.6 Å². The number of rotatable bonds is 4. The van der Waals surface area contributed by atoms with Gasteiger partial charge in [-0.25, -0.2) is 0 Å². The van der Waals surface area contributed by atoms with Crippen molar-refractivity contribution in [1.82, 2.24) is 10.2 Å². The summed E-state index contributed by atoms with van der Waals surface area (Å²) in [5.41, 5.74) is 3.31. The van der Waals surface area contributed by atoms with Crippen LogP contribution in [0.25, 0.3) is 22.6 Å². The largest absolute Gasteiger partial charge is 0.403 e. The Balaban J connectivity index is 1.48. The Bertz CT molecular complexity index is 1080. The second-order valence-electron chi connectivity index (χ2n) is 5.82. The summed E-state index contributed by atoms with van der Waals surface area (Å²) < 4.78 is 5.50. The number of nitrogens with zero attached hydrogens (tertiary/aromatic N) is 2. The Morgan fingerprint density at radius 1 is 0.815 bits per heavy atom. The lowest BCUT2D eigenvalue weighted by Crippen LogP contribution is -2.11. The zero-order chi connectivity index (χ0) is 18.6. The molecule has 0 saturated carbocycles. The Kier molecular flexibility index (Phi) is 4.68. The van der Waals surface area contributed by atoms with E-state index in [0.29, 0.717) is 16.1 Å². The molecule has 1 N–H and O–H groups in total. The highest BCUT2D eigenvalue weighted by atomic mass is 35.5. The van der Waals surface area contributed by atoms with Crippen LogP contribution in [0.3, 0.4) is 0 Å². The number of aromatic nitrogens is 2. The van der Waals surface area contributed by atoms with E-state index >= 15 is 0 Å². The van der Waals surface area contributed by atoms with Crippen molar-refractivity contribution in [2.75, 3.05) is 5.32 Å². The third-order valence-corrected chi connectivity index (χ3v) is 4.21. The summed E-state index contributed by atoms with van der Waals surface area (Å²) in [7, 11) is 0. The van der Waals surface area contributed by atoms with Gasteiger partial charge in [0.15, 0.2) is 0 Å². The van der Waals surface area contributed by atoms with E-state index in [0.717, 1.165) is 11.1 Å². The minimum atomic E-state index is -0.323. The van der Waals surface area contributed by atoms with Crippen LogP contribution in [-0.2, 0) is 0 Å². The fraction of sp³-hybridized carbons (Fsp3) is 0. The van der Waals surface area contributed by atoms with Gasteiger partial charge in [-0.05, 0) is 41.5 Å². The summed E-state index contributed by atoms with van der Waals surface area (Å²) in [4.78, 5) is 12.4. The zero-order valence-corrected chi connectivity index (χ0v) is 14.9. The van der Waals surface area contributed by atoms with Crippen LogP contribution in [0.2, 0.25) is 5.02 Å². The number of carbonyl (C=O) groups excluding carboxylic acids is 1. The standard InChI is InChI=1S/C21H14ClN3O2/c22-18-8-4-7-17(13-18)20-24-25-21(27-20)23-19(26)16-11-9-15(10-12-16)14-5-2-1-3-6-14/h1-13H,(H,23,25,26). The van der Waals surface area contributed by atoms with Gasteiger partial charge in [-0.1, -0.05) is 65.2 Å². The fourth-order valence-corrected chi connectivity index (χ4v) is 2.82. The monoisotopic (exact) mass is 375 g/mol. The number of carbonyl (C=O) groups is 1. The van der Waals surface area contributed by atoms with E-state index < -0.39 is 0 Å². The number of anilines is 1. The molecule has 0 saturated heterocycles. The first-order valence-electron chi connectivity index (χ1n) is 8.25. The SMILES string of the molecule is O=C(Nc1nnc(-c2cccc(Cl)c2)o1)c1ccc(-c2ccccc2)cc1. The van der Waals surface area contributed by atoms with E-state index in [4.69, 9.17) is 16.0 Å². The normalized spacial score (nSPS) is 10.6. The Morgan fingerprint density at radius 2 is 1.52 bits per heavy atom. The maximum absolute atomic E-state index is 12.4. The van der Waals surface area contributed by atoms with Gasteiger partial charge in [0.2, 0.25) is 5.89 Å². The lowest BCUT2D eigenvalue weighted by molar-refractivity contribution is 0.102. The highest BCUT2D eigenvalue weighted by Gasteiger charge is 2.13. The molecule has 0 bridgehead atoms. The van der Waals surface area contributed by atoms with Crippen LogP contribution in [0.1, 0.15) is 10.4 Å². The number of nitrogens with one attached hydrogen (secondary N) is 1. The molecule has 1 aromatic heterocycles. The number of halogens is 1. The highest BCUT2D eigenvalue weighted by molar-refractivity contribution is 6.30. The van der Waals surface area contributed by atoms with Crippen molar-refractivity contribution in [1.29, 1.82) is 0 Å². The van der Waals surface area contributed by atoms with Crippen LogP contribution in [0.4, 0.5) is 6.01 Å². The summed E-state index contributed by atoms with van der Waals surface area (Å²) in [5, 5.41) is 11.0. The third-order valence-electron chi connectivity index (χ3n) is 3.97. The molecule has 6 heteroatoms. The smallest absolute Gasteiger partial charge is 0.322 e. The maximum Gasteiger partial charge on any atom is 0.322 e. The summed E-state index contributed by atoms with van der Waals surface area (Å²) in [6, 6.07) is 24.3. The lowest BCUT2D eigenvalue weighted by Gasteiger charge is -2.04. The molecule has 0 aliphatic rings. The molecule has 3 aromatic carbocycles. The van der Waals surface area contributed by atoms with Crippen molar-refractivity contribution in [2.45, 2.75) is 0 Å². The predicted molar refractivity (Wildman–Crippen MR) is 105 cm³/mol. The maximum atomic E-state index is 12.4. The second kappa shape index (κ2) is 7.43. The molecule has 0 radical (unpaired) electrons. The third kappa shape index (κ3) is 3.88. The number of hydrogen-bond acceptors (Lipinski definition) is 4. The minimum absolute atomic E-state index is 0.0297. The molecule has 0 aliphatic carbocycles. The first kappa shape index (κ1) is 17.0. The Morgan fingerprint density at radius 3 is 2.26 bits per heavy atom. The van der Waals surface area contributed by atoms with Crippen LogP contribution >= 0.6 is 11.6 Å². The Hall–Kier alpha value is -3.44. The highest BCUT2D eigenvalue weighted by Crippen LogP contribution is 2.23. The van der Waals surface area contributed by atoms with Gasteiger partial charge in [0.05, 0.1) is 0 Å². The summed E-state index contributed by atoms with van der Waals surface area (Å²) in [6.07, 6.45) is 0. The summed E-state index contributed by atoms with van der Waals surface area (Å²) in [6.45, 7) is 0. The van der Waals surface area contributed by atoms with E-state index in [1.54, 1.807) is 36.4 Å². The van der Waals surface area contributed by atoms with Crippen molar-refractivity contribution in [3.05, 3.63) is 89.4 Å². The van der Waals surface area contributed by atoms with Crippen LogP contribution in [0.5, 0.6) is 0 Å². The van der Waals surface area contributed by atoms with Gasteiger partial charge in [0.1, 0.15) is 0 Å². The van der Waals surface area contributed by atoms with E-state index in [9.17, 15) is 4.79 Å². The van der Waals surface area contributed by atoms with E-state index in [-0.39, 0.29) is 17.8 Å². The molecule has 4 rings (SSSR count). The van der Waals surface area contributed by atoms with E-state index in [2.05, 4.69) is 15.5 Å². The number of amides is 1. The van der Waals surface area contributed by atoms with Gasteiger partial charge < -0.3 is 4.42 Å². The molecule has 1 amide bonds. The quantitative estimate of drug-likeness (QED) is 0.525. The summed E-state index contributed by atoms with van der Waals surface area (Å²) >= 11 is 5.96. The van der Waals surface area contributed by atoms with Gasteiger partial charge in [-0.15, -0.1) is 5.10 Å². The van der Waals surface area contributed by atoms with Crippen molar-refractivity contribution < 1.29 is 9.21 Å². The van der Waals surface area contributed by atoms with Gasteiger partial charge in [0.25, 0.3) is 5.91 Å². The van der Waals surface area contributed by atoms with Gasteiger partial charge in [-0.3, -0.25) is 10.1 Å². The average Bonchev–Trinajstić information content (AvgIpc) is 3.17. The van der Waals surface area contributed by atoms with E-state index in [1.165, 1.54) is 0 Å². The number of benzene rings is 3. The molecule has 5 nitrogen and oxygen atoms in total. The molecule has 0 fully saturated rings. The fourth-order valence-electron chi connectivity index (χ4n) is 2.63. The molecule has 0 aliphatic heterocycles. The van der Waals surface area contributed by atoms with Crippen molar-refractivity contribution in [3.63, 3.8) is 0 Å². The minimum Gasteiger partial charge on any atom is -0.403 e. The van der Waals surface area contributed by atoms with Gasteiger partial charge in [-0.2, -0.15) is 0 Å². The van der Waals surface area contributed by atoms with E-state index in [1.807, 2.05) is 42.5 Å². The second-order valence-corrected chi connectivity index (χ2v) is 6.26. The van der Waals surface area contributed by atoms with Crippen LogP contribution in [0, 0.1) is 0 Å². The number of hydrogen-bond donors (Lipinski definition) is 1. The van der Waals surface area contributed by atoms with Gasteiger partial charge in [0, 0.05) is 16.1 Å². The Labute approximate surface area is 160 Å². The van der Waals surface area contributed by atoms with Crippen molar-refractivity contribution in [2.24, 2.45) is 0 Å². The van der Waals surface area contributed by atoms with Crippen LogP contribution < -0.4 is 5.32 Å². The first-order valence-corrected chi connectivity index (χ1v) is 8.63. The molecule has 0 atom stereocenters. The topological polar surface area (TPSA) is 68.0 Å². The van der Waals surface area contributed by atoms with Crippen LogP contribution in [-0.4, -0.2) is 16.1 Å². The van der Waals surface area contributed by atoms with Crippen LogP contribution in [0.15, 0.2) is 83.3 Å². The molecule has 27 heavy (non-hydrogen) atoms. The predicted octanol–water partition coefficient (Wildman–Crippen LogP) is 5.31. The average molecular weight is 376 g/mol. The molecule has 132 valence electrons. The lowest BCUT2D eigenvalue weighted by atomic mass is 10.0. The van der Waals surface area contributed by atoms with Crippen molar-refractivity contribution >= 4 is 23.5 Å². The first-order chi connectivity index (χ1) is 13.2. The molecule has 0 unspecified atom stereocenters. The molecule has 1 heterocycles. The molecule has 4 aromatic rings. The molecule has 0 spiro atoms. The zero-order valence-electron chi connectivity index (χ0n) is 14.1. The summed E-state index contributed by atoms with van der Waals surface area (Å²) in [5.74, 6) is -0.0388. The molecular formula is C21H14ClN3O2. The van der Waals surface area contributed by atoms with Gasteiger partial charge >= 0.3 is 6.01 Å².